The normalized spacial score (nSPS) is 11.3. The lowest BCUT2D eigenvalue weighted by Gasteiger charge is -2.10. The number of benzene rings is 1. The van der Waals surface area contributed by atoms with Crippen molar-refractivity contribution in [3.05, 3.63) is 48.0 Å². The van der Waals surface area contributed by atoms with Crippen LogP contribution in [0.2, 0.25) is 0 Å². The highest BCUT2D eigenvalue weighted by molar-refractivity contribution is 7.92. The monoisotopic (exact) mass is 281 g/mol. The third-order valence-electron chi connectivity index (χ3n) is 2.42. The number of nitrogens with zero attached hydrogens (tertiary/aromatic N) is 1. The number of nitrogen functional groups attached to an aromatic ring is 1. The van der Waals surface area contributed by atoms with Gasteiger partial charge >= 0.3 is 0 Å². The van der Waals surface area contributed by atoms with Gasteiger partial charge in [0, 0.05) is 5.69 Å². The van der Waals surface area contributed by atoms with Crippen LogP contribution in [0.15, 0.2) is 41.4 Å². The third kappa shape index (κ3) is 3.00. The molecule has 3 N–H and O–H groups in total. The summed E-state index contributed by atoms with van der Waals surface area (Å²) in [6.45, 7) is 1.79. The van der Waals surface area contributed by atoms with Crippen molar-refractivity contribution in [2.24, 2.45) is 0 Å². The third-order valence-corrected chi connectivity index (χ3v) is 3.88. The van der Waals surface area contributed by atoms with Crippen molar-refractivity contribution in [2.75, 3.05) is 10.5 Å². The van der Waals surface area contributed by atoms with Crippen LogP contribution in [0.3, 0.4) is 0 Å². The van der Waals surface area contributed by atoms with Crippen LogP contribution in [-0.2, 0) is 10.0 Å². The zero-order valence-corrected chi connectivity index (χ0v) is 10.9. The number of aromatic nitrogens is 1. The summed E-state index contributed by atoms with van der Waals surface area (Å²) >= 11 is 0. The molecule has 0 amide bonds. The van der Waals surface area contributed by atoms with Crippen molar-refractivity contribution in [3.8, 4) is 0 Å². The molecule has 2 rings (SSSR count). The molecule has 0 saturated heterocycles. The average molecular weight is 281 g/mol. The van der Waals surface area contributed by atoms with Crippen LogP contribution < -0.4 is 10.5 Å². The van der Waals surface area contributed by atoms with Gasteiger partial charge in [-0.3, -0.25) is 9.71 Å². The van der Waals surface area contributed by atoms with E-state index in [0.717, 1.165) is 23.9 Å². The summed E-state index contributed by atoms with van der Waals surface area (Å²) in [7, 11) is -3.86. The molecule has 0 aliphatic rings. The fourth-order valence-corrected chi connectivity index (χ4v) is 2.66. The smallest absolute Gasteiger partial charge is 0.263 e. The molecule has 0 aliphatic heterocycles. The predicted molar refractivity (Wildman–Crippen MR) is 70.6 cm³/mol. The predicted octanol–water partition coefficient (Wildman–Crippen LogP) is 1.91. The molecule has 100 valence electrons. The Morgan fingerprint density at radius 1 is 1.26 bits per heavy atom. The maximum Gasteiger partial charge on any atom is 0.263 e. The van der Waals surface area contributed by atoms with E-state index in [9.17, 15) is 12.8 Å². The van der Waals surface area contributed by atoms with E-state index in [1.165, 1.54) is 6.20 Å². The summed E-state index contributed by atoms with van der Waals surface area (Å²) < 4.78 is 39.4. The summed E-state index contributed by atoms with van der Waals surface area (Å²) in [5.74, 6) is -0.589. The largest absolute Gasteiger partial charge is 0.398 e. The molecule has 0 aliphatic carbocycles. The molecule has 0 atom stereocenters. The van der Waals surface area contributed by atoms with Crippen LogP contribution in [0.4, 0.5) is 15.8 Å². The lowest BCUT2D eigenvalue weighted by molar-refractivity contribution is 0.600. The number of nitrogens with two attached hydrogens (primary N) is 1. The number of hydrogen-bond donors (Lipinski definition) is 2. The summed E-state index contributed by atoms with van der Waals surface area (Å²) in [4.78, 5) is 3.80. The highest BCUT2D eigenvalue weighted by Gasteiger charge is 2.18. The fourth-order valence-electron chi connectivity index (χ4n) is 1.50. The minimum Gasteiger partial charge on any atom is -0.398 e. The second-order valence-corrected chi connectivity index (χ2v) is 5.63. The maximum absolute atomic E-state index is 12.9. The highest BCUT2D eigenvalue weighted by atomic mass is 32.2. The standard InChI is InChI=1S/C12H12FN3O2S/c1-8-2-4-10(7-15-8)16-19(17,18)12-5-3-9(13)6-11(12)14/h2-7,16H,14H2,1H3. The molecule has 0 radical (unpaired) electrons. The summed E-state index contributed by atoms with van der Waals surface area (Å²) in [6, 6.07) is 6.38. The Hall–Kier alpha value is -2.15. The molecular formula is C12H12FN3O2S. The first-order valence-corrected chi connectivity index (χ1v) is 6.87. The molecule has 0 fully saturated rings. The first-order chi connectivity index (χ1) is 8.88. The molecule has 2 aromatic rings. The van der Waals surface area contributed by atoms with Gasteiger partial charge in [0.1, 0.15) is 10.7 Å². The molecule has 0 spiro atoms. The fraction of sp³-hybridized carbons (Fsp3) is 0.0833. The molecule has 7 heteroatoms. The van der Waals surface area contributed by atoms with Gasteiger partial charge in [0.05, 0.1) is 17.6 Å². The van der Waals surface area contributed by atoms with Crippen molar-refractivity contribution >= 4 is 21.4 Å². The van der Waals surface area contributed by atoms with Crippen molar-refractivity contribution in [3.63, 3.8) is 0 Å². The zero-order valence-electron chi connectivity index (χ0n) is 10.1. The molecule has 1 aromatic heterocycles. The van der Waals surface area contributed by atoms with Gasteiger partial charge in [0.25, 0.3) is 10.0 Å². The number of rotatable bonds is 3. The first-order valence-electron chi connectivity index (χ1n) is 5.39. The van der Waals surface area contributed by atoms with Gasteiger partial charge in [-0.15, -0.1) is 0 Å². The quantitative estimate of drug-likeness (QED) is 0.842. The minimum atomic E-state index is -3.86. The van der Waals surface area contributed by atoms with Crippen LogP contribution in [-0.4, -0.2) is 13.4 Å². The Labute approximate surface area is 110 Å². The molecular weight excluding hydrogens is 269 g/mol. The first kappa shape index (κ1) is 13.3. The van der Waals surface area contributed by atoms with Crippen LogP contribution in [0.25, 0.3) is 0 Å². The summed E-state index contributed by atoms with van der Waals surface area (Å²) in [5.41, 5.74) is 6.45. The van der Waals surface area contributed by atoms with E-state index in [4.69, 9.17) is 5.73 Å². The number of hydrogen-bond acceptors (Lipinski definition) is 4. The van der Waals surface area contributed by atoms with E-state index in [1.54, 1.807) is 19.1 Å². The molecule has 1 aromatic carbocycles. The van der Waals surface area contributed by atoms with Gasteiger partial charge in [-0.05, 0) is 37.3 Å². The van der Waals surface area contributed by atoms with E-state index in [-0.39, 0.29) is 10.6 Å². The van der Waals surface area contributed by atoms with Crippen LogP contribution >= 0.6 is 0 Å². The van der Waals surface area contributed by atoms with E-state index in [2.05, 4.69) is 9.71 Å². The number of sulfonamides is 1. The van der Waals surface area contributed by atoms with Gasteiger partial charge in [-0.25, -0.2) is 12.8 Å². The van der Waals surface area contributed by atoms with E-state index < -0.39 is 15.8 Å². The topological polar surface area (TPSA) is 85.1 Å². The van der Waals surface area contributed by atoms with Gasteiger partial charge in [0.2, 0.25) is 0 Å². The number of aryl methyl sites for hydroxylation is 1. The second-order valence-electron chi connectivity index (χ2n) is 3.98. The van der Waals surface area contributed by atoms with Crippen LogP contribution in [0, 0.1) is 12.7 Å². The summed E-state index contributed by atoms with van der Waals surface area (Å²) in [6.07, 6.45) is 1.40. The molecule has 0 saturated carbocycles. The average Bonchev–Trinajstić information content (AvgIpc) is 2.31. The molecule has 5 nitrogen and oxygen atoms in total. The summed E-state index contributed by atoms with van der Waals surface area (Å²) in [5, 5.41) is 0. The Bertz CT molecular complexity index is 699. The second kappa shape index (κ2) is 4.85. The minimum absolute atomic E-state index is 0.146. The van der Waals surface area contributed by atoms with E-state index in [0.29, 0.717) is 5.69 Å². The Morgan fingerprint density at radius 2 is 2.00 bits per heavy atom. The highest BCUT2D eigenvalue weighted by Crippen LogP contribution is 2.22. The van der Waals surface area contributed by atoms with Crippen LogP contribution in [0.5, 0.6) is 0 Å². The molecule has 19 heavy (non-hydrogen) atoms. The van der Waals surface area contributed by atoms with Gasteiger partial charge < -0.3 is 5.73 Å². The Balaban J connectivity index is 2.35. The number of halogens is 1. The molecule has 1 heterocycles. The number of pyridine rings is 1. The molecule has 0 unspecified atom stereocenters. The van der Waals surface area contributed by atoms with Gasteiger partial charge in [0.15, 0.2) is 0 Å². The lowest BCUT2D eigenvalue weighted by Crippen LogP contribution is -2.15. The SMILES string of the molecule is Cc1ccc(NS(=O)(=O)c2ccc(F)cc2N)cn1. The number of anilines is 2. The van der Waals surface area contributed by atoms with Crippen LogP contribution in [0.1, 0.15) is 5.69 Å². The van der Waals surface area contributed by atoms with Crippen molar-refractivity contribution in [1.82, 2.24) is 4.98 Å². The van der Waals surface area contributed by atoms with Crippen molar-refractivity contribution in [1.29, 1.82) is 0 Å². The van der Waals surface area contributed by atoms with Gasteiger partial charge in [-0.1, -0.05) is 0 Å². The van der Waals surface area contributed by atoms with Gasteiger partial charge in [-0.2, -0.15) is 0 Å². The Morgan fingerprint density at radius 3 is 2.58 bits per heavy atom. The lowest BCUT2D eigenvalue weighted by atomic mass is 10.3. The number of nitrogens with one attached hydrogen (secondary N) is 1. The van der Waals surface area contributed by atoms with E-state index >= 15 is 0 Å². The Kier molecular flexibility index (Phi) is 3.39. The van der Waals surface area contributed by atoms with E-state index in [1.807, 2.05) is 0 Å². The zero-order chi connectivity index (χ0) is 14.0. The molecule has 0 bridgehead atoms. The van der Waals surface area contributed by atoms with Crippen molar-refractivity contribution < 1.29 is 12.8 Å². The maximum atomic E-state index is 12.9. The van der Waals surface area contributed by atoms with Crippen molar-refractivity contribution in [2.45, 2.75) is 11.8 Å².